The molecule has 23 rings (SSSR count). The first-order valence-electron chi connectivity index (χ1n) is 37.5. The molecule has 0 fully saturated rings. The fraction of sp³-hybridized carbons (Fsp3) is 0. The van der Waals surface area contributed by atoms with E-state index in [4.69, 9.17) is 28.8 Å². The lowest BCUT2D eigenvalue weighted by Crippen LogP contribution is -2.10. The second-order valence-electron chi connectivity index (χ2n) is 28.4. The van der Waals surface area contributed by atoms with Crippen LogP contribution in [0.3, 0.4) is 0 Å². The molecule has 6 heterocycles. The van der Waals surface area contributed by atoms with Gasteiger partial charge in [0.1, 0.15) is 22.3 Å². The molecule has 9 nitrogen and oxygen atoms in total. The van der Waals surface area contributed by atoms with Gasteiger partial charge in [-0.2, -0.15) is 0 Å². The van der Waals surface area contributed by atoms with Crippen LogP contribution in [0.25, 0.3) is 199 Å². The third kappa shape index (κ3) is 10.7. The molecule has 0 aliphatic carbocycles. The average Bonchev–Trinajstić information content (AvgIpc) is 1.56. The first-order valence-corrected chi connectivity index (χ1v) is 37.5. The van der Waals surface area contributed by atoms with E-state index in [0.717, 1.165) is 155 Å². The smallest absolute Gasteiger partial charge is 0.235 e. The van der Waals surface area contributed by atoms with Gasteiger partial charge >= 0.3 is 0 Å². The SMILES string of the molecule is c1ccc(-c2ccc(N(c3ccc(-c4ccccc4)cc3)c3cccc(-c4nc(-c5cccc6c5oc5cc7ccccc7cc56)c5ccccc5n4)c3)cc2)cc1.c1ccc(-n2c3ccccc3c3cc4c5ccccc5n(-c5nc(-c6cccc7c6oc6cc8ccccc8cc67)c6ccccc6n5)c4cc32)cc1. The number of hydrogen-bond donors (Lipinski definition) is 0. The molecule has 0 unspecified atom stereocenters. The van der Waals surface area contributed by atoms with Gasteiger partial charge in [-0.05, 0) is 165 Å². The van der Waals surface area contributed by atoms with Crippen molar-refractivity contribution in [2.75, 3.05) is 4.90 Å². The Morgan fingerprint density at radius 3 is 1.20 bits per heavy atom. The Bertz CT molecular complexity index is 7550. The highest BCUT2D eigenvalue weighted by Crippen LogP contribution is 2.46. The molecule has 0 aliphatic rings. The van der Waals surface area contributed by atoms with Gasteiger partial charge in [-0.1, -0.05) is 261 Å². The van der Waals surface area contributed by atoms with E-state index in [1.165, 1.54) is 49.3 Å². The van der Waals surface area contributed by atoms with E-state index in [2.05, 4.69) is 378 Å². The van der Waals surface area contributed by atoms with Crippen molar-refractivity contribution in [3.8, 4) is 67.8 Å². The summed E-state index contributed by atoms with van der Waals surface area (Å²) in [6, 6.07) is 134. The van der Waals surface area contributed by atoms with Crippen LogP contribution in [-0.4, -0.2) is 29.1 Å². The van der Waals surface area contributed by atoms with E-state index in [-0.39, 0.29) is 0 Å². The second-order valence-corrected chi connectivity index (χ2v) is 28.4. The molecule has 17 aromatic carbocycles. The van der Waals surface area contributed by atoms with E-state index in [9.17, 15) is 0 Å². The van der Waals surface area contributed by atoms with Crippen molar-refractivity contribution >= 4 is 148 Å². The summed E-state index contributed by atoms with van der Waals surface area (Å²) < 4.78 is 18.0. The molecule has 518 valence electrons. The average molecular weight is 1420 g/mol. The fourth-order valence-corrected chi connectivity index (χ4v) is 16.7. The topological polar surface area (TPSA) is 90.9 Å². The molecule has 0 aliphatic heterocycles. The van der Waals surface area contributed by atoms with E-state index < -0.39 is 0 Å². The molecule has 0 saturated carbocycles. The lowest BCUT2D eigenvalue weighted by molar-refractivity contribution is 0.670. The molecule has 6 aromatic heterocycles. The summed E-state index contributed by atoms with van der Waals surface area (Å²) in [6.07, 6.45) is 0. The molecule has 111 heavy (non-hydrogen) atoms. The number of benzene rings is 17. The summed E-state index contributed by atoms with van der Waals surface area (Å²) in [7, 11) is 0. The fourth-order valence-electron chi connectivity index (χ4n) is 16.7. The predicted molar refractivity (Wildman–Crippen MR) is 459 cm³/mol. The van der Waals surface area contributed by atoms with Gasteiger partial charge in [0.15, 0.2) is 5.82 Å². The first-order chi connectivity index (χ1) is 55.0. The number of rotatable bonds is 10. The van der Waals surface area contributed by atoms with Gasteiger partial charge in [0.25, 0.3) is 0 Å². The summed E-state index contributed by atoms with van der Waals surface area (Å²) in [5.74, 6) is 1.26. The second kappa shape index (κ2) is 25.9. The maximum Gasteiger partial charge on any atom is 0.235 e. The highest BCUT2D eigenvalue weighted by atomic mass is 16.3. The molecule has 0 radical (unpaired) electrons. The van der Waals surface area contributed by atoms with Crippen LogP contribution in [0.2, 0.25) is 0 Å². The van der Waals surface area contributed by atoms with Crippen LogP contribution >= 0.6 is 0 Å². The van der Waals surface area contributed by atoms with Gasteiger partial charge in [-0.25, -0.2) is 19.9 Å². The maximum absolute atomic E-state index is 6.73. The van der Waals surface area contributed by atoms with Gasteiger partial charge < -0.3 is 18.3 Å². The Morgan fingerprint density at radius 2 is 0.649 bits per heavy atom. The third-order valence-electron chi connectivity index (χ3n) is 21.9. The van der Waals surface area contributed by atoms with Gasteiger partial charge in [-0.15, -0.1) is 0 Å². The zero-order chi connectivity index (χ0) is 73.0. The van der Waals surface area contributed by atoms with E-state index >= 15 is 0 Å². The van der Waals surface area contributed by atoms with Crippen molar-refractivity contribution in [1.29, 1.82) is 0 Å². The number of nitrogens with zero attached hydrogens (tertiary/aromatic N) is 7. The van der Waals surface area contributed by atoms with Gasteiger partial charge in [0.2, 0.25) is 5.95 Å². The van der Waals surface area contributed by atoms with Crippen LogP contribution in [0.1, 0.15) is 0 Å². The van der Waals surface area contributed by atoms with Crippen LogP contribution in [0.5, 0.6) is 0 Å². The first kappa shape index (κ1) is 63.2. The summed E-state index contributed by atoms with van der Waals surface area (Å²) in [5, 5.41) is 15.7. The molecule has 0 atom stereocenters. The van der Waals surface area contributed by atoms with Crippen molar-refractivity contribution in [2.45, 2.75) is 0 Å². The Morgan fingerprint density at radius 1 is 0.234 bits per heavy atom. The molecular weight excluding hydrogens is 1360 g/mol. The van der Waals surface area contributed by atoms with Crippen molar-refractivity contribution in [3.05, 3.63) is 382 Å². The minimum Gasteiger partial charge on any atom is -0.455 e. The van der Waals surface area contributed by atoms with Crippen LogP contribution < -0.4 is 4.90 Å². The molecule has 0 amide bonds. The number of furan rings is 2. The summed E-state index contributed by atoms with van der Waals surface area (Å²) in [5.41, 5.74) is 22.9. The zero-order valence-electron chi connectivity index (χ0n) is 59.8. The number of aromatic nitrogens is 6. The number of anilines is 3. The number of para-hydroxylation sites is 7. The van der Waals surface area contributed by atoms with Crippen LogP contribution in [-0.2, 0) is 0 Å². The minimum absolute atomic E-state index is 0.616. The normalized spacial score (nSPS) is 11.8. The van der Waals surface area contributed by atoms with E-state index in [1.807, 2.05) is 18.2 Å². The van der Waals surface area contributed by atoms with Gasteiger partial charge in [-0.3, -0.25) is 4.57 Å². The van der Waals surface area contributed by atoms with Crippen molar-refractivity contribution in [2.24, 2.45) is 0 Å². The standard InChI is InChI=1S/C54H35N3O.C48H28N4O/c1-3-13-36(14-4-1)38-25-29-43(30-26-38)57(44-31-27-39(28-32-44)37-15-5-2-6-16-37)45-20-11-19-42(33-45)54-55-50-24-10-9-21-47(50)52(56-54)48-23-12-22-46-49-34-40-17-7-8-18-41(40)35-51(49)58-53(46)48;1-2-15-31(16-3-1)51-41-23-10-7-17-32(41)37-27-38-33-18-8-11-24-42(33)52(44(38)28-43(37)51)48-49-40-22-9-6-19-35(40)46(50-48)36-21-12-20-34-39-25-29-13-4-5-14-30(29)26-45(39)53-47(34)36/h1-35H;1-28H. The Hall–Kier alpha value is -15.1. The summed E-state index contributed by atoms with van der Waals surface area (Å²) >= 11 is 0. The number of fused-ring (bicyclic) bond motifs is 16. The minimum atomic E-state index is 0.616. The molecular formula is C102H63N7O2. The molecule has 23 aromatic rings. The molecule has 9 heteroatoms. The van der Waals surface area contributed by atoms with E-state index in [1.54, 1.807) is 0 Å². The van der Waals surface area contributed by atoms with Gasteiger partial charge in [0, 0.05) is 93.3 Å². The molecule has 0 saturated heterocycles. The molecule has 0 spiro atoms. The highest BCUT2D eigenvalue weighted by Gasteiger charge is 2.25. The Balaban J connectivity index is 0.000000137. The van der Waals surface area contributed by atoms with Crippen LogP contribution in [0, 0.1) is 0 Å². The molecule has 0 N–H and O–H groups in total. The van der Waals surface area contributed by atoms with Crippen LogP contribution in [0.4, 0.5) is 17.1 Å². The van der Waals surface area contributed by atoms with Gasteiger partial charge in [0.05, 0.1) is 44.5 Å². The monoisotopic (exact) mass is 1420 g/mol. The number of hydrogen-bond acceptors (Lipinski definition) is 7. The van der Waals surface area contributed by atoms with E-state index in [0.29, 0.717) is 11.8 Å². The van der Waals surface area contributed by atoms with Crippen molar-refractivity contribution < 1.29 is 8.83 Å². The summed E-state index contributed by atoms with van der Waals surface area (Å²) in [4.78, 5) is 23.6. The third-order valence-corrected chi connectivity index (χ3v) is 21.9. The maximum atomic E-state index is 6.73. The lowest BCUT2D eigenvalue weighted by atomic mass is 10.0. The highest BCUT2D eigenvalue weighted by molar-refractivity contribution is 6.20. The Kier molecular flexibility index (Phi) is 14.7. The Labute approximate surface area is 636 Å². The van der Waals surface area contributed by atoms with Crippen molar-refractivity contribution in [3.63, 3.8) is 0 Å². The molecule has 0 bridgehead atoms. The predicted octanol–water partition coefficient (Wildman–Crippen LogP) is 27.4. The zero-order valence-corrected chi connectivity index (χ0v) is 59.8. The quantitative estimate of drug-likeness (QED) is 0.135. The lowest BCUT2D eigenvalue weighted by Gasteiger charge is -2.26. The largest absolute Gasteiger partial charge is 0.455 e. The van der Waals surface area contributed by atoms with Crippen LogP contribution in [0.15, 0.2) is 391 Å². The van der Waals surface area contributed by atoms with Crippen molar-refractivity contribution in [1.82, 2.24) is 29.1 Å². The summed E-state index contributed by atoms with van der Waals surface area (Å²) in [6.45, 7) is 0.